The Labute approximate surface area is 188 Å². The summed E-state index contributed by atoms with van der Waals surface area (Å²) < 4.78 is 37.9. The van der Waals surface area contributed by atoms with Crippen LogP contribution in [0.1, 0.15) is 25.8 Å². The number of benzene rings is 2. The Bertz CT molecular complexity index is 1030. The molecule has 0 aliphatic carbocycles. The molecule has 0 aromatic heterocycles. The predicted molar refractivity (Wildman–Crippen MR) is 122 cm³/mol. The molecule has 172 valence electrons. The van der Waals surface area contributed by atoms with E-state index in [2.05, 4.69) is 10.0 Å². The van der Waals surface area contributed by atoms with Gasteiger partial charge < -0.3 is 14.8 Å². The summed E-state index contributed by atoms with van der Waals surface area (Å²) in [6.07, 6.45) is 3.56. The minimum Gasteiger partial charge on any atom is -0.497 e. The summed E-state index contributed by atoms with van der Waals surface area (Å²) >= 11 is 0. The molecule has 2 rings (SSSR count). The molecular weight excluding hydrogens is 432 g/mol. The van der Waals surface area contributed by atoms with Gasteiger partial charge >= 0.3 is 0 Å². The van der Waals surface area contributed by atoms with E-state index < -0.39 is 15.9 Å². The molecule has 2 aromatic carbocycles. The summed E-state index contributed by atoms with van der Waals surface area (Å²) in [5, 5.41) is 2.55. The number of ether oxygens (including phenoxy) is 2. The van der Waals surface area contributed by atoms with Crippen LogP contribution >= 0.6 is 0 Å². The number of allylic oxidation sites excluding steroid dienone is 1. The predicted octanol–water partition coefficient (Wildman–Crippen LogP) is 3.26. The number of hydrogen-bond donors (Lipinski definition) is 2. The minimum atomic E-state index is -4.02. The van der Waals surface area contributed by atoms with Crippen LogP contribution in [0.3, 0.4) is 0 Å². The van der Waals surface area contributed by atoms with Crippen molar-refractivity contribution >= 4 is 27.5 Å². The van der Waals surface area contributed by atoms with Crippen molar-refractivity contribution in [1.29, 1.82) is 0 Å². The molecule has 8 nitrogen and oxygen atoms in total. The lowest BCUT2D eigenvalue weighted by Crippen LogP contribution is -2.32. The van der Waals surface area contributed by atoms with Crippen molar-refractivity contribution in [2.24, 2.45) is 5.92 Å². The van der Waals surface area contributed by atoms with Gasteiger partial charge in [-0.25, -0.2) is 13.1 Å². The van der Waals surface area contributed by atoms with Gasteiger partial charge in [0.05, 0.1) is 25.2 Å². The first-order chi connectivity index (χ1) is 15.2. The fourth-order valence-corrected chi connectivity index (χ4v) is 3.91. The molecule has 0 bridgehead atoms. The summed E-state index contributed by atoms with van der Waals surface area (Å²) in [6.45, 7) is 3.79. The van der Waals surface area contributed by atoms with E-state index in [1.807, 2.05) is 37.3 Å². The molecule has 0 fully saturated rings. The third-order valence-corrected chi connectivity index (χ3v) is 5.79. The largest absolute Gasteiger partial charge is 0.497 e. The van der Waals surface area contributed by atoms with Crippen LogP contribution in [0.5, 0.6) is 5.75 Å². The fourth-order valence-electron chi connectivity index (χ4n) is 2.91. The van der Waals surface area contributed by atoms with E-state index >= 15 is 0 Å². The van der Waals surface area contributed by atoms with E-state index in [4.69, 9.17) is 9.47 Å². The Balaban J connectivity index is 1.91. The van der Waals surface area contributed by atoms with Gasteiger partial charge in [0, 0.05) is 24.9 Å². The maximum atomic E-state index is 12.5. The van der Waals surface area contributed by atoms with Crippen molar-refractivity contribution in [3.8, 4) is 5.75 Å². The smallest absolute Gasteiger partial charge is 0.264 e. The van der Waals surface area contributed by atoms with E-state index in [1.54, 1.807) is 13.2 Å². The zero-order valence-electron chi connectivity index (χ0n) is 18.3. The summed E-state index contributed by atoms with van der Waals surface area (Å²) in [4.78, 5) is 23.4. The number of sulfonamides is 1. The second-order valence-corrected chi connectivity index (χ2v) is 8.77. The number of nitrogens with one attached hydrogen (secondary N) is 2. The van der Waals surface area contributed by atoms with Gasteiger partial charge in [0.15, 0.2) is 0 Å². The number of hydrogen-bond acceptors (Lipinski definition) is 6. The molecule has 0 heterocycles. The number of anilines is 1. The molecule has 9 heteroatoms. The molecule has 0 saturated heterocycles. The molecule has 0 radical (unpaired) electrons. The van der Waals surface area contributed by atoms with Crippen molar-refractivity contribution < 1.29 is 27.5 Å². The number of amides is 2. The van der Waals surface area contributed by atoms with Crippen LogP contribution in [0, 0.1) is 5.92 Å². The Kier molecular flexibility index (Phi) is 9.42. The van der Waals surface area contributed by atoms with E-state index in [0.29, 0.717) is 12.3 Å². The summed E-state index contributed by atoms with van der Waals surface area (Å²) in [6, 6.07) is 13.0. The van der Waals surface area contributed by atoms with Crippen LogP contribution in [0.2, 0.25) is 0 Å². The lowest BCUT2D eigenvalue weighted by molar-refractivity contribution is -0.120. The highest BCUT2D eigenvalue weighted by Crippen LogP contribution is 2.16. The topological polar surface area (TPSA) is 111 Å². The quantitative estimate of drug-likeness (QED) is 0.498. The van der Waals surface area contributed by atoms with Gasteiger partial charge in [-0.2, -0.15) is 0 Å². The first kappa shape index (κ1) is 25.1. The SMILES string of the molecule is C/C=C/C(COCc1ccc(OC)cc1)CC(=O)NS(=O)(=O)c1ccc(NC(C)=O)cc1. The highest BCUT2D eigenvalue weighted by atomic mass is 32.2. The van der Waals surface area contributed by atoms with E-state index in [0.717, 1.165) is 11.3 Å². The van der Waals surface area contributed by atoms with Crippen molar-refractivity contribution in [2.45, 2.75) is 31.8 Å². The number of carbonyl (C=O) groups is 2. The zero-order valence-corrected chi connectivity index (χ0v) is 19.1. The molecule has 0 aliphatic heterocycles. The van der Waals surface area contributed by atoms with Gasteiger partial charge in [-0.15, -0.1) is 0 Å². The molecular formula is C23H28N2O6S. The molecule has 0 spiro atoms. The van der Waals surface area contributed by atoms with Crippen molar-refractivity contribution in [1.82, 2.24) is 4.72 Å². The van der Waals surface area contributed by atoms with Crippen molar-refractivity contribution in [3.63, 3.8) is 0 Å². The summed E-state index contributed by atoms with van der Waals surface area (Å²) in [5.74, 6) is -0.427. The van der Waals surface area contributed by atoms with Crippen LogP contribution in [-0.4, -0.2) is 33.9 Å². The summed E-state index contributed by atoms with van der Waals surface area (Å²) in [5.41, 5.74) is 1.42. The Hall–Kier alpha value is -3.17. The van der Waals surface area contributed by atoms with Crippen LogP contribution in [0.25, 0.3) is 0 Å². The molecule has 2 aromatic rings. The third-order valence-electron chi connectivity index (χ3n) is 4.41. The maximum Gasteiger partial charge on any atom is 0.264 e. The summed E-state index contributed by atoms with van der Waals surface area (Å²) in [7, 11) is -2.43. The number of carbonyl (C=O) groups excluding carboxylic acids is 2. The number of rotatable bonds is 11. The Morgan fingerprint density at radius 1 is 1.06 bits per heavy atom. The third kappa shape index (κ3) is 8.16. The molecule has 2 N–H and O–H groups in total. The second kappa shape index (κ2) is 12.0. The van der Waals surface area contributed by atoms with E-state index in [1.165, 1.54) is 31.2 Å². The van der Waals surface area contributed by atoms with E-state index in [-0.39, 0.29) is 29.7 Å². The van der Waals surface area contributed by atoms with Gasteiger partial charge in [0.2, 0.25) is 11.8 Å². The molecule has 32 heavy (non-hydrogen) atoms. The van der Waals surface area contributed by atoms with Gasteiger partial charge in [-0.05, 0) is 48.9 Å². The second-order valence-electron chi connectivity index (χ2n) is 7.09. The average molecular weight is 461 g/mol. The first-order valence-corrected chi connectivity index (χ1v) is 11.5. The average Bonchev–Trinajstić information content (AvgIpc) is 2.74. The van der Waals surface area contributed by atoms with Crippen LogP contribution < -0.4 is 14.8 Å². The molecule has 2 amide bonds. The zero-order chi connectivity index (χ0) is 23.6. The molecule has 1 atom stereocenters. The normalized spacial score (nSPS) is 12.3. The molecule has 0 saturated carbocycles. The van der Waals surface area contributed by atoms with Gasteiger partial charge in [0.25, 0.3) is 10.0 Å². The highest BCUT2D eigenvalue weighted by Gasteiger charge is 2.20. The molecule has 0 aliphatic rings. The Morgan fingerprint density at radius 3 is 2.28 bits per heavy atom. The highest BCUT2D eigenvalue weighted by molar-refractivity contribution is 7.90. The van der Waals surface area contributed by atoms with Gasteiger partial charge in [0.1, 0.15) is 5.75 Å². The fraction of sp³-hybridized carbons (Fsp3) is 0.304. The minimum absolute atomic E-state index is 0.0455. The molecule has 1 unspecified atom stereocenters. The lowest BCUT2D eigenvalue weighted by Gasteiger charge is -2.14. The maximum absolute atomic E-state index is 12.5. The lowest BCUT2D eigenvalue weighted by atomic mass is 10.1. The van der Waals surface area contributed by atoms with Gasteiger partial charge in [-0.3, -0.25) is 9.59 Å². The van der Waals surface area contributed by atoms with Crippen molar-refractivity contribution in [3.05, 3.63) is 66.2 Å². The monoisotopic (exact) mass is 460 g/mol. The standard InChI is InChI=1S/C23H28N2O6S/c1-4-5-19(16-31-15-18-6-10-21(30-3)11-7-18)14-23(27)25-32(28,29)22-12-8-20(9-13-22)24-17(2)26/h4-13,19H,14-16H2,1-3H3,(H,24,26)(H,25,27)/b5-4+. The van der Waals surface area contributed by atoms with Crippen LogP contribution in [-0.2, 0) is 31.0 Å². The van der Waals surface area contributed by atoms with Crippen LogP contribution in [0.4, 0.5) is 5.69 Å². The number of methoxy groups -OCH3 is 1. The van der Waals surface area contributed by atoms with E-state index in [9.17, 15) is 18.0 Å². The van der Waals surface area contributed by atoms with Crippen molar-refractivity contribution in [2.75, 3.05) is 19.0 Å². The Morgan fingerprint density at radius 2 is 1.72 bits per heavy atom. The van der Waals surface area contributed by atoms with Gasteiger partial charge in [-0.1, -0.05) is 24.3 Å². The van der Waals surface area contributed by atoms with Crippen LogP contribution in [0.15, 0.2) is 65.6 Å². The first-order valence-electron chi connectivity index (χ1n) is 10.00.